The second-order valence-corrected chi connectivity index (χ2v) is 7.55. The molecule has 1 aromatic heterocycles. The van der Waals surface area contributed by atoms with Gasteiger partial charge >= 0.3 is 0 Å². The maximum absolute atomic E-state index is 12.3. The maximum atomic E-state index is 12.3. The molecule has 1 aromatic carbocycles. The number of benzene rings is 1. The molecule has 1 heterocycles. The van der Waals surface area contributed by atoms with Crippen LogP contribution in [0.1, 0.15) is 44.6 Å². The molecule has 23 heavy (non-hydrogen) atoms. The van der Waals surface area contributed by atoms with Crippen molar-refractivity contribution in [3.63, 3.8) is 0 Å². The van der Waals surface area contributed by atoms with Crippen LogP contribution in [0.15, 0.2) is 30.5 Å². The molecule has 122 valence electrons. The van der Waals surface area contributed by atoms with Crippen LogP contribution in [0.4, 0.5) is 0 Å². The maximum Gasteiger partial charge on any atom is 0.220 e. The monoisotopic (exact) mass is 310 g/mol. The smallest absolute Gasteiger partial charge is 0.220 e. The molecule has 4 atom stereocenters. The second-order valence-electron chi connectivity index (χ2n) is 7.55. The largest absolute Gasteiger partial charge is 0.361 e. The molecular weight excluding hydrogens is 284 g/mol. The van der Waals surface area contributed by atoms with E-state index in [0.717, 1.165) is 23.8 Å². The van der Waals surface area contributed by atoms with Gasteiger partial charge in [-0.3, -0.25) is 4.79 Å². The number of carbonyl (C=O) groups is 1. The fourth-order valence-electron chi connectivity index (χ4n) is 4.93. The van der Waals surface area contributed by atoms with Crippen molar-refractivity contribution in [2.75, 3.05) is 0 Å². The summed E-state index contributed by atoms with van der Waals surface area (Å²) in [4.78, 5) is 15.6. The minimum atomic E-state index is 0.200. The Balaban J connectivity index is 1.32. The van der Waals surface area contributed by atoms with E-state index >= 15 is 0 Å². The lowest BCUT2D eigenvalue weighted by Gasteiger charge is -2.28. The van der Waals surface area contributed by atoms with E-state index in [1.165, 1.54) is 36.6 Å². The van der Waals surface area contributed by atoms with Crippen molar-refractivity contribution in [3.8, 4) is 0 Å². The first-order valence-corrected chi connectivity index (χ1v) is 9.05. The van der Waals surface area contributed by atoms with Gasteiger partial charge in [-0.1, -0.05) is 24.6 Å². The van der Waals surface area contributed by atoms with Crippen molar-refractivity contribution in [2.45, 2.75) is 51.5 Å². The van der Waals surface area contributed by atoms with E-state index in [1.807, 2.05) is 12.3 Å². The van der Waals surface area contributed by atoms with E-state index in [4.69, 9.17) is 0 Å². The zero-order valence-electron chi connectivity index (χ0n) is 13.8. The molecule has 2 aromatic rings. The Morgan fingerprint density at radius 2 is 2.17 bits per heavy atom. The SMILES string of the molecule is C[C@H](NC(=O)CCc1c[nH]c2ccccc12)[C@H]1C[C@@H]2CC[C@@H]1C2. The first-order chi connectivity index (χ1) is 11.2. The number of nitrogens with one attached hydrogen (secondary N) is 2. The average molecular weight is 310 g/mol. The summed E-state index contributed by atoms with van der Waals surface area (Å²) in [6.07, 6.45) is 8.95. The minimum absolute atomic E-state index is 0.200. The number of carbonyl (C=O) groups excluding carboxylic acids is 1. The van der Waals surface area contributed by atoms with Crippen LogP contribution in [-0.4, -0.2) is 16.9 Å². The number of aromatic nitrogens is 1. The summed E-state index contributed by atoms with van der Waals surface area (Å²) in [6.45, 7) is 2.20. The van der Waals surface area contributed by atoms with Gasteiger partial charge in [-0.05, 0) is 62.0 Å². The number of para-hydroxylation sites is 1. The molecule has 2 aliphatic rings. The summed E-state index contributed by atoms with van der Waals surface area (Å²) in [5, 5.41) is 4.51. The molecule has 3 nitrogen and oxygen atoms in total. The van der Waals surface area contributed by atoms with Gasteiger partial charge in [-0.25, -0.2) is 0 Å². The zero-order chi connectivity index (χ0) is 15.8. The Morgan fingerprint density at radius 3 is 2.96 bits per heavy atom. The van der Waals surface area contributed by atoms with Gasteiger partial charge in [-0.2, -0.15) is 0 Å². The fourth-order valence-corrected chi connectivity index (χ4v) is 4.93. The summed E-state index contributed by atoms with van der Waals surface area (Å²) in [5.74, 6) is 2.72. The molecule has 0 aliphatic heterocycles. The quantitative estimate of drug-likeness (QED) is 0.860. The van der Waals surface area contributed by atoms with Crippen LogP contribution in [-0.2, 0) is 11.2 Å². The number of amides is 1. The highest BCUT2D eigenvalue weighted by Gasteiger charge is 2.42. The zero-order valence-corrected chi connectivity index (χ0v) is 13.8. The van der Waals surface area contributed by atoms with E-state index in [2.05, 4.69) is 35.4 Å². The Morgan fingerprint density at radius 1 is 1.30 bits per heavy atom. The van der Waals surface area contributed by atoms with Crippen molar-refractivity contribution in [1.82, 2.24) is 10.3 Å². The van der Waals surface area contributed by atoms with Gasteiger partial charge in [0.05, 0.1) is 0 Å². The first kappa shape index (κ1) is 14.8. The molecule has 3 heteroatoms. The summed E-state index contributed by atoms with van der Waals surface area (Å²) in [6, 6.07) is 8.62. The van der Waals surface area contributed by atoms with Crippen molar-refractivity contribution in [2.24, 2.45) is 17.8 Å². The van der Waals surface area contributed by atoms with Gasteiger partial charge in [0, 0.05) is 29.6 Å². The average Bonchev–Trinajstić information content (AvgIpc) is 3.28. The lowest BCUT2D eigenvalue weighted by molar-refractivity contribution is -0.122. The number of hydrogen-bond donors (Lipinski definition) is 2. The van der Waals surface area contributed by atoms with E-state index in [0.29, 0.717) is 18.4 Å². The Labute approximate surface area is 137 Å². The fraction of sp³-hybridized carbons (Fsp3) is 0.550. The van der Waals surface area contributed by atoms with Crippen molar-refractivity contribution >= 4 is 16.8 Å². The minimum Gasteiger partial charge on any atom is -0.361 e. The van der Waals surface area contributed by atoms with E-state index in [1.54, 1.807) is 0 Å². The molecule has 0 radical (unpaired) electrons. The predicted molar refractivity (Wildman–Crippen MR) is 93.2 cm³/mol. The van der Waals surface area contributed by atoms with Crippen molar-refractivity contribution in [1.29, 1.82) is 0 Å². The van der Waals surface area contributed by atoms with E-state index in [-0.39, 0.29) is 5.91 Å². The lowest BCUT2D eigenvalue weighted by Crippen LogP contribution is -2.40. The first-order valence-electron chi connectivity index (χ1n) is 9.05. The number of aromatic amines is 1. The molecule has 2 aliphatic carbocycles. The summed E-state index contributed by atoms with van der Waals surface area (Å²) in [7, 11) is 0. The van der Waals surface area contributed by atoms with Crippen molar-refractivity contribution in [3.05, 3.63) is 36.0 Å². The Hall–Kier alpha value is -1.77. The second kappa shape index (κ2) is 6.03. The van der Waals surface area contributed by atoms with Gasteiger partial charge in [0.2, 0.25) is 5.91 Å². The number of fused-ring (bicyclic) bond motifs is 3. The van der Waals surface area contributed by atoms with E-state index in [9.17, 15) is 4.79 Å². The van der Waals surface area contributed by atoms with Crippen LogP contribution in [0.5, 0.6) is 0 Å². The van der Waals surface area contributed by atoms with Crippen molar-refractivity contribution < 1.29 is 4.79 Å². The molecule has 0 unspecified atom stereocenters. The molecule has 0 saturated heterocycles. The molecular formula is C20H26N2O. The van der Waals surface area contributed by atoms with Crippen LogP contribution in [0.3, 0.4) is 0 Å². The molecule has 2 bridgehead atoms. The number of rotatable bonds is 5. The summed E-state index contributed by atoms with van der Waals surface area (Å²) >= 11 is 0. The van der Waals surface area contributed by atoms with E-state index < -0.39 is 0 Å². The molecule has 2 N–H and O–H groups in total. The Bertz CT molecular complexity index is 704. The number of hydrogen-bond acceptors (Lipinski definition) is 1. The third kappa shape index (κ3) is 2.89. The van der Waals surface area contributed by atoms with Gasteiger partial charge in [0.1, 0.15) is 0 Å². The molecule has 0 spiro atoms. The van der Waals surface area contributed by atoms with Crippen LogP contribution in [0.25, 0.3) is 10.9 Å². The van der Waals surface area contributed by atoms with Gasteiger partial charge in [0.25, 0.3) is 0 Å². The lowest BCUT2D eigenvalue weighted by atomic mass is 9.84. The summed E-state index contributed by atoms with van der Waals surface area (Å²) in [5.41, 5.74) is 2.39. The third-order valence-electron chi connectivity index (χ3n) is 6.12. The highest BCUT2D eigenvalue weighted by molar-refractivity contribution is 5.84. The summed E-state index contributed by atoms with van der Waals surface area (Å²) < 4.78 is 0. The molecule has 2 saturated carbocycles. The normalized spacial score (nSPS) is 27.4. The Kier molecular flexibility index (Phi) is 3.88. The van der Waals surface area contributed by atoms with Crippen LogP contribution >= 0.6 is 0 Å². The van der Waals surface area contributed by atoms with Gasteiger partial charge < -0.3 is 10.3 Å². The molecule has 4 rings (SSSR count). The molecule has 1 amide bonds. The highest BCUT2D eigenvalue weighted by Crippen LogP contribution is 2.49. The topological polar surface area (TPSA) is 44.9 Å². The van der Waals surface area contributed by atoms with Gasteiger partial charge in [0.15, 0.2) is 0 Å². The third-order valence-corrected chi connectivity index (χ3v) is 6.12. The molecule has 2 fully saturated rings. The highest BCUT2D eigenvalue weighted by atomic mass is 16.1. The van der Waals surface area contributed by atoms with Crippen LogP contribution in [0, 0.1) is 17.8 Å². The number of H-pyrrole nitrogens is 1. The van der Waals surface area contributed by atoms with Gasteiger partial charge in [-0.15, -0.1) is 0 Å². The van der Waals surface area contributed by atoms with Crippen LogP contribution in [0.2, 0.25) is 0 Å². The van der Waals surface area contributed by atoms with Crippen LogP contribution < -0.4 is 5.32 Å². The predicted octanol–water partition coefficient (Wildman–Crippen LogP) is 4.04. The number of aryl methyl sites for hydroxylation is 1. The standard InChI is InChI=1S/C20H26N2O/c1-13(18-11-14-6-7-15(18)10-14)22-20(23)9-8-16-12-21-19-5-3-2-4-17(16)19/h2-5,12-15,18,21H,6-11H2,1H3,(H,22,23)/t13-,14+,15+,18+/m0/s1.